The molecule has 0 bridgehead atoms. The number of hydrogen-bond acceptors (Lipinski definition) is 5. The summed E-state index contributed by atoms with van der Waals surface area (Å²) in [5, 5.41) is 2.81. The molecule has 0 aromatic heterocycles. The van der Waals surface area contributed by atoms with Crippen LogP contribution in [0, 0.1) is 11.7 Å². The van der Waals surface area contributed by atoms with Gasteiger partial charge in [0.1, 0.15) is 24.2 Å². The monoisotopic (exact) mass is 493 g/mol. The van der Waals surface area contributed by atoms with Gasteiger partial charge in [0, 0.05) is 13.1 Å². The first-order valence-electron chi connectivity index (χ1n) is 10.9. The van der Waals surface area contributed by atoms with Gasteiger partial charge in [0.05, 0.1) is 19.1 Å². The molecule has 0 fully saturated rings. The van der Waals surface area contributed by atoms with E-state index in [9.17, 15) is 22.4 Å². The average Bonchev–Trinajstić information content (AvgIpc) is 2.78. The van der Waals surface area contributed by atoms with E-state index in [0.717, 1.165) is 16.6 Å². The topological polar surface area (TPSA) is 96.0 Å². The van der Waals surface area contributed by atoms with Gasteiger partial charge >= 0.3 is 0 Å². The lowest BCUT2D eigenvalue weighted by molar-refractivity contribution is -0.139. The van der Waals surface area contributed by atoms with E-state index < -0.39 is 34.3 Å². The summed E-state index contributed by atoms with van der Waals surface area (Å²) in [6.07, 6.45) is 0.941. The van der Waals surface area contributed by atoms with Crippen molar-refractivity contribution in [3.8, 4) is 5.75 Å². The first-order valence-corrected chi connectivity index (χ1v) is 12.7. The molecule has 0 radical (unpaired) electrons. The van der Waals surface area contributed by atoms with Gasteiger partial charge in [0.15, 0.2) is 0 Å². The largest absolute Gasteiger partial charge is 0.497 e. The highest BCUT2D eigenvalue weighted by atomic mass is 32.2. The lowest BCUT2D eigenvalue weighted by Crippen LogP contribution is -2.51. The van der Waals surface area contributed by atoms with Crippen LogP contribution >= 0.6 is 0 Å². The van der Waals surface area contributed by atoms with E-state index in [1.807, 2.05) is 13.8 Å². The molecular formula is C24H32FN3O5S. The smallest absolute Gasteiger partial charge is 0.244 e. The number of amides is 2. The Hall–Kier alpha value is -3.14. The van der Waals surface area contributed by atoms with Crippen LogP contribution in [0.25, 0.3) is 0 Å². The number of rotatable bonds is 11. The zero-order valence-electron chi connectivity index (χ0n) is 20.1. The number of benzene rings is 2. The fraction of sp³-hybridized carbons (Fsp3) is 0.417. The van der Waals surface area contributed by atoms with E-state index in [2.05, 4.69) is 5.32 Å². The van der Waals surface area contributed by atoms with Crippen LogP contribution in [-0.2, 0) is 26.2 Å². The van der Waals surface area contributed by atoms with E-state index in [4.69, 9.17) is 4.74 Å². The van der Waals surface area contributed by atoms with Crippen molar-refractivity contribution in [1.29, 1.82) is 0 Å². The van der Waals surface area contributed by atoms with E-state index in [0.29, 0.717) is 17.9 Å². The summed E-state index contributed by atoms with van der Waals surface area (Å²) in [7, 11) is -2.39. The van der Waals surface area contributed by atoms with Gasteiger partial charge in [-0.3, -0.25) is 13.9 Å². The zero-order valence-corrected chi connectivity index (χ0v) is 20.9. The number of halogens is 1. The van der Waals surface area contributed by atoms with Gasteiger partial charge in [-0.25, -0.2) is 12.8 Å². The number of anilines is 1. The van der Waals surface area contributed by atoms with Crippen molar-refractivity contribution in [2.75, 3.05) is 30.8 Å². The molecular weight excluding hydrogens is 461 g/mol. The molecule has 0 aliphatic rings. The Labute approximate surface area is 200 Å². The number of hydrogen-bond donors (Lipinski definition) is 1. The van der Waals surface area contributed by atoms with Crippen LogP contribution in [0.15, 0.2) is 48.5 Å². The number of nitrogens with zero attached hydrogens (tertiary/aromatic N) is 2. The highest BCUT2D eigenvalue weighted by molar-refractivity contribution is 7.92. The maximum Gasteiger partial charge on any atom is 0.244 e. The minimum atomic E-state index is -3.92. The molecule has 0 saturated carbocycles. The zero-order chi connectivity index (χ0) is 25.5. The molecule has 1 N–H and O–H groups in total. The minimum Gasteiger partial charge on any atom is -0.497 e. The lowest BCUT2D eigenvalue weighted by atomic mass is 10.1. The molecule has 34 heavy (non-hydrogen) atoms. The van der Waals surface area contributed by atoms with Crippen molar-refractivity contribution in [2.45, 2.75) is 33.4 Å². The highest BCUT2D eigenvalue weighted by Gasteiger charge is 2.30. The molecule has 0 saturated heterocycles. The summed E-state index contributed by atoms with van der Waals surface area (Å²) < 4.78 is 44.8. The fourth-order valence-electron chi connectivity index (χ4n) is 3.25. The second kappa shape index (κ2) is 11.8. The van der Waals surface area contributed by atoms with E-state index in [-0.39, 0.29) is 24.1 Å². The van der Waals surface area contributed by atoms with Gasteiger partial charge in [-0.05, 0) is 48.7 Å². The summed E-state index contributed by atoms with van der Waals surface area (Å²) in [5.41, 5.74) is 0.724. The van der Waals surface area contributed by atoms with Crippen molar-refractivity contribution < 1.29 is 27.1 Å². The Bertz CT molecular complexity index is 1110. The molecule has 2 amide bonds. The number of carbonyl (C=O) groups is 2. The molecule has 186 valence electrons. The molecule has 0 aliphatic heterocycles. The second-order valence-corrected chi connectivity index (χ2v) is 10.3. The molecule has 0 unspecified atom stereocenters. The third-order valence-corrected chi connectivity index (χ3v) is 6.25. The molecule has 0 spiro atoms. The lowest BCUT2D eigenvalue weighted by Gasteiger charge is -2.31. The van der Waals surface area contributed by atoms with E-state index >= 15 is 0 Å². The maximum atomic E-state index is 13.8. The van der Waals surface area contributed by atoms with Crippen molar-refractivity contribution in [1.82, 2.24) is 10.2 Å². The van der Waals surface area contributed by atoms with E-state index in [1.54, 1.807) is 31.2 Å². The number of carbonyl (C=O) groups excluding carboxylic acids is 2. The Morgan fingerprint density at radius 1 is 1.09 bits per heavy atom. The molecule has 2 aromatic carbocycles. The molecule has 8 nitrogen and oxygen atoms in total. The van der Waals surface area contributed by atoms with Gasteiger partial charge in [-0.15, -0.1) is 0 Å². The Balaban J connectivity index is 2.38. The summed E-state index contributed by atoms with van der Waals surface area (Å²) in [6.45, 7) is 5.38. The quantitative estimate of drug-likeness (QED) is 0.519. The number of methoxy groups -OCH3 is 1. The molecule has 1 atom stereocenters. The first-order chi connectivity index (χ1) is 15.9. The fourth-order valence-corrected chi connectivity index (χ4v) is 4.09. The molecule has 0 heterocycles. The van der Waals surface area contributed by atoms with Gasteiger partial charge < -0.3 is 15.0 Å². The van der Waals surface area contributed by atoms with Gasteiger partial charge in [-0.1, -0.05) is 32.0 Å². The highest BCUT2D eigenvalue weighted by Crippen LogP contribution is 2.21. The number of sulfonamides is 1. The van der Waals surface area contributed by atoms with Crippen LogP contribution in [0.4, 0.5) is 10.1 Å². The summed E-state index contributed by atoms with van der Waals surface area (Å²) in [4.78, 5) is 27.5. The van der Waals surface area contributed by atoms with Crippen LogP contribution in [0.2, 0.25) is 0 Å². The van der Waals surface area contributed by atoms with Gasteiger partial charge in [0.25, 0.3) is 0 Å². The average molecular weight is 494 g/mol. The van der Waals surface area contributed by atoms with Crippen LogP contribution < -0.4 is 14.4 Å². The van der Waals surface area contributed by atoms with Crippen LogP contribution in [-0.4, -0.2) is 57.6 Å². The van der Waals surface area contributed by atoms with Crippen molar-refractivity contribution >= 4 is 27.5 Å². The third-order valence-electron chi connectivity index (χ3n) is 5.11. The minimum absolute atomic E-state index is 0.0223. The number of ether oxygens (including phenoxy) is 1. The normalized spacial score (nSPS) is 12.2. The van der Waals surface area contributed by atoms with Crippen LogP contribution in [0.1, 0.15) is 26.3 Å². The van der Waals surface area contributed by atoms with E-state index in [1.165, 1.54) is 30.2 Å². The van der Waals surface area contributed by atoms with Crippen LogP contribution in [0.3, 0.4) is 0 Å². The van der Waals surface area contributed by atoms with Crippen molar-refractivity contribution in [3.05, 3.63) is 59.9 Å². The predicted molar refractivity (Wildman–Crippen MR) is 129 cm³/mol. The van der Waals surface area contributed by atoms with Gasteiger partial charge in [-0.2, -0.15) is 0 Å². The maximum absolute atomic E-state index is 13.8. The predicted octanol–water partition coefficient (Wildman–Crippen LogP) is 2.79. The standard InChI is InChI=1S/C24H32FN3O5S/c1-17(2)14-26-24(30)18(3)27(15-19-8-6-11-22(12-19)33-4)23(29)16-28(34(5,31)32)21-10-7-9-20(25)13-21/h6-13,17-18H,14-16H2,1-5H3,(H,26,30)/t18-/m0/s1. The van der Waals surface area contributed by atoms with Crippen LogP contribution in [0.5, 0.6) is 5.75 Å². The second-order valence-electron chi connectivity index (χ2n) is 8.44. The Morgan fingerprint density at radius 3 is 2.35 bits per heavy atom. The first kappa shape index (κ1) is 27.1. The molecule has 2 rings (SSSR count). The summed E-state index contributed by atoms with van der Waals surface area (Å²) in [6, 6.07) is 11.1. The SMILES string of the molecule is COc1cccc(CN(C(=O)CN(c2cccc(F)c2)S(C)(=O)=O)[C@@H](C)C(=O)NCC(C)C)c1. The van der Waals surface area contributed by atoms with Crippen molar-refractivity contribution in [2.24, 2.45) is 5.92 Å². The molecule has 0 aliphatic carbocycles. The van der Waals surface area contributed by atoms with Crippen molar-refractivity contribution in [3.63, 3.8) is 0 Å². The Morgan fingerprint density at radius 2 is 1.76 bits per heavy atom. The molecule has 2 aromatic rings. The summed E-state index contributed by atoms with van der Waals surface area (Å²) in [5.74, 6) is -0.800. The number of nitrogens with one attached hydrogen (secondary N) is 1. The Kier molecular flexibility index (Phi) is 9.43. The molecule has 10 heteroatoms. The third kappa shape index (κ3) is 7.72. The summed E-state index contributed by atoms with van der Waals surface area (Å²) >= 11 is 0. The van der Waals surface area contributed by atoms with Gasteiger partial charge in [0.2, 0.25) is 21.8 Å².